The van der Waals surface area contributed by atoms with Gasteiger partial charge in [-0.2, -0.15) is 0 Å². The maximum absolute atomic E-state index is 12.3. The van der Waals surface area contributed by atoms with Crippen molar-refractivity contribution in [2.45, 2.75) is 44.7 Å². The molecule has 0 radical (unpaired) electrons. The minimum Gasteiger partial charge on any atom is -0.338 e. The van der Waals surface area contributed by atoms with E-state index in [1.54, 1.807) is 11.3 Å². The summed E-state index contributed by atoms with van der Waals surface area (Å²) in [6, 6.07) is 2.59. The minimum atomic E-state index is 0.0174. The van der Waals surface area contributed by atoms with Gasteiger partial charge in [0.15, 0.2) is 0 Å². The lowest BCUT2D eigenvalue weighted by Gasteiger charge is -2.35. The molecular weight excluding hydrogens is 310 g/mol. The Morgan fingerprint density at radius 3 is 2.96 bits per heavy atom. The molecule has 0 bridgehead atoms. The Kier molecular flexibility index (Phi) is 4.01. The highest BCUT2D eigenvalue weighted by Crippen LogP contribution is 2.40. The zero-order chi connectivity index (χ0) is 15.8. The van der Waals surface area contributed by atoms with Crippen LogP contribution in [-0.2, 0) is 17.8 Å². The second-order valence-corrected chi connectivity index (χ2v) is 7.80. The number of likely N-dealkylation sites (tertiary alicyclic amines) is 1. The summed E-state index contributed by atoms with van der Waals surface area (Å²) in [6.45, 7) is 2.85. The molecule has 6 heteroatoms. The van der Waals surface area contributed by atoms with Crippen molar-refractivity contribution in [2.75, 3.05) is 19.6 Å². The summed E-state index contributed by atoms with van der Waals surface area (Å²) < 4.78 is 0. The Balaban J connectivity index is 1.22. The number of nitrogens with one attached hydrogen (secondary N) is 1. The van der Waals surface area contributed by atoms with E-state index in [9.17, 15) is 9.59 Å². The largest absolute Gasteiger partial charge is 0.338 e. The van der Waals surface area contributed by atoms with E-state index >= 15 is 0 Å². The van der Waals surface area contributed by atoms with Gasteiger partial charge in [0.25, 0.3) is 0 Å². The summed E-state index contributed by atoms with van der Waals surface area (Å²) in [5.74, 6) is 0.876. The molecule has 2 fully saturated rings. The number of nitrogens with zero attached hydrogens (tertiary/aromatic N) is 2. The number of hydrogen-bond acceptors (Lipinski definition) is 3. The van der Waals surface area contributed by atoms with Crippen LogP contribution in [0.4, 0.5) is 4.79 Å². The fourth-order valence-electron chi connectivity index (χ4n) is 4.02. The molecule has 4 rings (SSSR count). The van der Waals surface area contributed by atoms with Crippen LogP contribution in [0, 0.1) is 5.92 Å². The fraction of sp³-hybridized carbons (Fsp3) is 0.647. The normalized spacial score (nSPS) is 25.6. The zero-order valence-corrected chi connectivity index (χ0v) is 14.1. The van der Waals surface area contributed by atoms with Crippen LogP contribution in [0.1, 0.15) is 36.1 Å². The average molecular weight is 333 g/mol. The van der Waals surface area contributed by atoms with Crippen LogP contribution < -0.4 is 5.32 Å². The third-order valence-corrected chi connectivity index (χ3v) is 6.58. The first-order valence-corrected chi connectivity index (χ1v) is 9.48. The van der Waals surface area contributed by atoms with Gasteiger partial charge < -0.3 is 15.1 Å². The maximum Gasteiger partial charge on any atom is 0.317 e. The first-order valence-electron chi connectivity index (χ1n) is 8.60. The topological polar surface area (TPSA) is 52.7 Å². The molecule has 2 aliphatic heterocycles. The zero-order valence-electron chi connectivity index (χ0n) is 13.3. The predicted molar refractivity (Wildman–Crippen MR) is 89.3 cm³/mol. The molecule has 1 aromatic rings. The molecule has 124 valence electrons. The highest BCUT2D eigenvalue weighted by molar-refractivity contribution is 7.10. The number of carbonyl (C=O) groups excluding carboxylic acids is 2. The number of urea groups is 1. The van der Waals surface area contributed by atoms with Crippen molar-refractivity contribution in [1.82, 2.24) is 15.1 Å². The highest BCUT2D eigenvalue weighted by atomic mass is 32.1. The summed E-state index contributed by atoms with van der Waals surface area (Å²) in [5.41, 5.74) is 1.28. The van der Waals surface area contributed by atoms with Gasteiger partial charge in [-0.05, 0) is 48.6 Å². The number of hydrogen-bond donors (Lipinski definition) is 1. The van der Waals surface area contributed by atoms with Crippen molar-refractivity contribution < 1.29 is 9.59 Å². The molecule has 1 saturated heterocycles. The summed E-state index contributed by atoms with van der Waals surface area (Å²) in [7, 11) is 0. The quantitative estimate of drug-likeness (QED) is 0.922. The van der Waals surface area contributed by atoms with Gasteiger partial charge in [-0.25, -0.2) is 4.79 Å². The minimum absolute atomic E-state index is 0.0174. The summed E-state index contributed by atoms with van der Waals surface area (Å²) in [6.07, 6.45) is 4.92. The molecule has 3 amide bonds. The number of fused-ring (bicyclic) bond motifs is 2. The van der Waals surface area contributed by atoms with E-state index in [1.807, 2.05) is 9.80 Å². The third-order valence-electron chi connectivity index (χ3n) is 5.55. The van der Waals surface area contributed by atoms with Crippen LogP contribution >= 0.6 is 11.3 Å². The van der Waals surface area contributed by atoms with E-state index < -0.39 is 0 Å². The van der Waals surface area contributed by atoms with Crippen LogP contribution in [0.5, 0.6) is 0 Å². The number of amides is 3. The Hall–Kier alpha value is -1.56. The third kappa shape index (κ3) is 2.84. The predicted octanol–water partition coefficient (Wildman–Crippen LogP) is 2.22. The van der Waals surface area contributed by atoms with Crippen molar-refractivity contribution in [1.29, 1.82) is 0 Å². The molecule has 0 unspecified atom stereocenters. The van der Waals surface area contributed by atoms with E-state index in [-0.39, 0.29) is 11.9 Å². The molecule has 0 aromatic carbocycles. The summed E-state index contributed by atoms with van der Waals surface area (Å²) in [5, 5.41) is 5.03. The van der Waals surface area contributed by atoms with E-state index in [0.29, 0.717) is 19.0 Å². The van der Waals surface area contributed by atoms with Crippen molar-refractivity contribution in [3.8, 4) is 0 Å². The molecule has 1 aromatic heterocycles. The van der Waals surface area contributed by atoms with Crippen molar-refractivity contribution >= 4 is 23.3 Å². The molecule has 1 saturated carbocycles. The Labute approximate surface area is 140 Å². The van der Waals surface area contributed by atoms with Gasteiger partial charge in [0, 0.05) is 43.5 Å². The lowest BCUT2D eigenvalue weighted by Crippen LogP contribution is -2.48. The van der Waals surface area contributed by atoms with Gasteiger partial charge in [-0.3, -0.25) is 4.79 Å². The molecule has 3 aliphatic rings. The fourth-order valence-corrected chi connectivity index (χ4v) is 4.91. The Morgan fingerprint density at radius 2 is 2.17 bits per heavy atom. The first kappa shape index (κ1) is 15.0. The lowest BCUT2D eigenvalue weighted by molar-refractivity contribution is -0.131. The number of rotatable bonds is 3. The lowest BCUT2D eigenvalue weighted by atomic mass is 9.80. The van der Waals surface area contributed by atoms with Crippen LogP contribution in [0.15, 0.2) is 11.4 Å². The van der Waals surface area contributed by atoms with Gasteiger partial charge >= 0.3 is 6.03 Å². The molecule has 3 heterocycles. The molecule has 0 spiro atoms. The number of thiophene rings is 1. The van der Waals surface area contributed by atoms with Crippen LogP contribution in [0.2, 0.25) is 0 Å². The van der Waals surface area contributed by atoms with E-state index in [0.717, 1.165) is 44.8 Å². The van der Waals surface area contributed by atoms with Gasteiger partial charge in [-0.1, -0.05) is 0 Å². The second kappa shape index (κ2) is 6.15. The first-order chi connectivity index (χ1) is 11.2. The van der Waals surface area contributed by atoms with E-state index in [1.165, 1.54) is 16.9 Å². The highest BCUT2D eigenvalue weighted by Gasteiger charge is 2.42. The van der Waals surface area contributed by atoms with E-state index in [2.05, 4.69) is 16.8 Å². The smallest absolute Gasteiger partial charge is 0.317 e. The van der Waals surface area contributed by atoms with Gasteiger partial charge in [0.05, 0.1) is 0 Å². The second-order valence-electron chi connectivity index (χ2n) is 6.80. The monoisotopic (exact) mass is 333 g/mol. The van der Waals surface area contributed by atoms with Gasteiger partial charge in [0.2, 0.25) is 5.91 Å². The standard InChI is InChI=1S/C17H23N3O2S/c21-16(19-8-5-15-13(11-19)6-10-23-15)3-7-18-17(22)20-9-4-12-1-2-14(12)20/h6,10,12,14H,1-5,7-9,11H2,(H,18,22)/t12-,14-/m0/s1. The van der Waals surface area contributed by atoms with Crippen molar-refractivity contribution in [3.63, 3.8) is 0 Å². The Morgan fingerprint density at radius 1 is 1.26 bits per heavy atom. The van der Waals surface area contributed by atoms with Crippen LogP contribution in [-0.4, -0.2) is 47.4 Å². The average Bonchev–Trinajstić information content (AvgIpc) is 3.10. The Bertz CT molecular complexity index is 615. The molecule has 1 N–H and O–H groups in total. The summed E-state index contributed by atoms with van der Waals surface area (Å²) >= 11 is 1.78. The van der Waals surface area contributed by atoms with Crippen molar-refractivity contribution in [2.24, 2.45) is 5.92 Å². The molecule has 1 aliphatic carbocycles. The van der Waals surface area contributed by atoms with Crippen LogP contribution in [0.3, 0.4) is 0 Å². The SMILES string of the molecule is O=C(CCNC(=O)N1CC[C@@H]2CC[C@@H]21)N1CCc2sccc2C1. The van der Waals surface area contributed by atoms with Gasteiger partial charge in [0.1, 0.15) is 0 Å². The van der Waals surface area contributed by atoms with Crippen molar-refractivity contribution in [3.05, 3.63) is 21.9 Å². The molecule has 23 heavy (non-hydrogen) atoms. The number of carbonyl (C=O) groups is 2. The summed E-state index contributed by atoms with van der Waals surface area (Å²) in [4.78, 5) is 29.8. The molecule has 5 nitrogen and oxygen atoms in total. The van der Waals surface area contributed by atoms with E-state index in [4.69, 9.17) is 0 Å². The molecular formula is C17H23N3O2S. The van der Waals surface area contributed by atoms with Crippen LogP contribution in [0.25, 0.3) is 0 Å². The molecule has 2 atom stereocenters. The maximum atomic E-state index is 12.3. The van der Waals surface area contributed by atoms with Gasteiger partial charge in [-0.15, -0.1) is 11.3 Å².